The second kappa shape index (κ2) is 6.54. The topological polar surface area (TPSA) is 71.5 Å². The van der Waals surface area contributed by atoms with Gasteiger partial charge in [0.05, 0.1) is 19.3 Å². The molecule has 0 amide bonds. The molecule has 0 radical (unpaired) electrons. The SMILES string of the molecule is COC(=O)c1sc(NC2CCCCCC2O)nc1Cl. The molecule has 0 aliphatic heterocycles. The Bertz CT molecular complexity index is 452. The fourth-order valence-corrected chi connectivity index (χ4v) is 3.36. The number of aliphatic hydroxyl groups excluding tert-OH is 1. The third kappa shape index (κ3) is 3.58. The molecule has 1 aliphatic rings. The summed E-state index contributed by atoms with van der Waals surface area (Å²) in [7, 11) is 1.31. The number of nitrogens with one attached hydrogen (secondary N) is 1. The number of ether oxygens (including phenoxy) is 1. The number of carbonyl (C=O) groups is 1. The molecule has 1 aromatic heterocycles. The van der Waals surface area contributed by atoms with Gasteiger partial charge in [-0.3, -0.25) is 0 Å². The second-order valence-corrected chi connectivity index (χ2v) is 5.94. The van der Waals surface area contributed by atoms with Crippen LogP contribution in [0, 0.1) is 0 Å². The molecule has 0 spiro atoms. The minimum Gasteiger partial charge on any atom is -0.465 e. The summed E-state index contributed by atoms with van der Waals surface area (Å²) >= 11 is 7.06. The van der Waals surface area contributed by atoms with Crippen molar-refractivity contribution < 1.29 is 14.6 Å². The van der Waals surface area contributed by atoms with Crippen LogP contribution in [-0.4, -0.2) is 35.3 Å². The first-order valence-corrected chi connectivity index (χ1v) is 7.50. The number of hydrogen-bond donors (Lipinski definition) is 2. The molecule has 1 fully saturated rings. The standard InChI is InChI=1S/C12H17ClN2O3S/c1-18-11(17)9-10(13)15-12(19-9)14-7-5-3-2-4-6-8(7)16/h7-8,16H,2-6H2,1H3,(H,14,15). The number of aliphatic hydroxyl groups is 1. The van der Waals surface area contributed by atoms with Crippen molar-refractivity contribution in [2.45, 2.75) is 44.2 Å². The number of nitrogens with zero attached hydrogens (tertiary/aromatic N) is 1. The van der Waals surface area contributed by atoms with Gasteiger partial charge >= 0.3 is 5.97 Å². The lowest BCUT2D eigenvalue weighted by molar-refractivity contribution is 0.0606. The van der Waals surface area contributed by atoms with E-state index in [2.05, 4.69) is 15.0 Å². The second-order valence-electron chi connectivity index (χ2n) is 4.59. The van der Waals surface area contributed by atoms with Gasteiger partial charge in [-0.15, -0.1) is 0 Å². The Kier molecular flexibility index (Phi) is 5.01. The Labute approximate surface area is 120 Å². The van der Waals surface area contributed by atoms with Crippen molar-refractivity contribution in [1.82, 2.24) is 4.98 Å². The number of carbonyl (C=O) groups excluding carboxylic acids is 1. The van der Waals surface area contributed by atoms with E-state index in [0.717, 1.165) is 43.4 Å². The van der Waals surface area contributed by atoms with Gasteiger partial charge in [0.25, 0.3) is 0 Å². The molecule has 1 aliphatic carbocycles. The molecule has 5 nitrogen and oxygen atoms in total. The first-order valence-electron chi connectivity index (χ1n) is 6.31. The molecule has 106 valence electrons. The predicted molar refractivity (Wildman–Crippen MR) is 75.0 cm³/mol. The normalized spacial score (nSPS) is 23.7. The van der Waals surface area contributed by atoms with Crippen molar-refractivity contribution >= 4 is 34.0 Å². The average Bonchev–Trinajstić information content (AvgIpc) is 2.64. The molecule has 0 saturated heterocycles. The summed E-state index contributed by atoms with van der Waals surface area (Å²) in [6.07, 6.45) is 4.57. The van der Waals surface area contributed by atoms with Crippen LogP contribution in [0.4, 0.5) is 5.13 Å². The van der Waals surface area contributed by atoms with Gasteiger partial charge in [-0.05, 0) is 12.8 Å². The van der Waals surface area contributed by atoms with Crippen LogP contribution in [0.2, 0.25) is 5.15 Å². The summed E-state index contributed by atoms with van der Waals surface area (Å²) in [5, 5.41) is 13.9. The maximum Gasteiger partial charge on any atom is 0.351 e. The highest BCUT2D eigenvalue weighted by atomic mass is 35.5. The lowest BCUT2D eigenvalue weighted by Crippen LogP contribution is -2.32. The largest absolute Gasteiger partial charge is 0.465 e. The molecular weight excluding hydrogens is 288 g/mol. The Hall–Kier alpha value is -0.850. The van der Waals surface area contributed by atoms with E-state index < -0.39 is 5.97 Å². The van der Waals surface area contributed by atoms with E-state index >= 15 is 0 Å². The van der Waals surface area contributed by atoms with Crippen LogP contribution in [0.15, 0.2) is 0 Å². The van der Waals surface area contributed by atoms with Crippen molar-refractivity contribution in [3.8, 4) is 0 Å². The minimum atomic E-state index is -0.489. The van der Waals surface area contributed by atoms with Gasteiger partial charge in [0.2, 0.25) is 0 Å². The Balaban J connectivity index is 2.08. The number of esters is 1. The molecule has 1 saturated carbocycles. The fraction of sp³-hybridized carbons (Fsp3) is 0.667. The summed E-state index contributed by atoms with van der Waals surface area (Å²) in [5.41, 5.74) is 0. The number of rotatable bonds is 3. The van der Waals surface area contributed by atoms with E-state index in [1.54, 1.807) is 0 Å². The zero-order valence-electron chi connectivity index (χ0n) is 10.7. The number of halogens is 1. The molecule has 2 atom stereocenters. The van der Waals surface area contributed by atoms with Crippen LogP contribution in [0.25, 0.3) is 0 Å². The van der Waals surface area contributed by atoms with Crippen molar-refractivity contribution in [1.29, 1.82) is 0 Å². The zero-order chi connectivity index (χ0) is 13.8. The summed E-state index contributed by atoms with van der Waals surface area (Å²) in [4.78, 5) is 15.8. The van der Waals surface area contributed by atoms with Crippen LogP contribution in [0.3, 0.4) is 0 Å². The molecule has 2 unspecified atom stereocenters. The molecule has 1 heterocycles. The Morgan fingerprint density at radius 2 is 2.21 bits per heavy atom. The summed E-state index contributed by atoms with van der Waals surface area (Å²) in [6.45, 7) is 0. The summed E-state index contributed by atoms with van der Waals surface area (Å²) < 4.78 is 4.63. The van der Waals surface area contributed by atoms with Gasteiger partial charge in [-0.1, -0.05) is 42.2 Å². The van der Waals surface area contributed by atoms with Crippen LogP contribution >= 0.6 is 22.9 Å². The van der Waals surface area contributed by atoms with Gasteiger partial charge < -0.3 is 15.2 Å². The van der Waals surface area contributed by atoms with Gasteiger partial charge in [-0.25, -0.2) is 9.78 Å². The minimum absolute atomic E-state index is 0.0322. The number of anilines is 1. The summed E-state index contributed by atoms with van der Waals surface area (Å²) in [6, 6.07) is -0.0322. The molecule has 2 N–H and O–H groups in total. The first kappa shape index (κ1) is 14.6. The highest BCUT2D eigenvalue weighted by Crippen LogP contribution is 2.30. The fourth-order valence-electron chi connectivity index (χ4n) is 2.20. The lowest BCUT2D eigenvalue weighted by Gasteiger charge is -2.21. The number of aromatic nitrogens is 1. The summed E-state index contributed by atoms with van der Waals surface area (Å²) in [5.74, 6) is -0.489. The van der Waals surface area contributed by atoms with E-state index in [-0.39, 0.29) is 22.2 Å². The average molecular weight is 305 g/mol. The molecule has 19 heavy (non-hydrogen) atoms. The maximum absolute atomic E-state index is 11.4. The van der Waals surface area contributed by atoms with Crippen LogP contribution in [0.1, 0.15) is 41.8 Å². The molecule has 0 bridgehead atoms. The predicted octanol–water partition coefficient (Wildman–Crippen LogP) is 2.69. The molecular formula is C12H17ClN2O3S. The van der Waals surface area contributed by atoms with E-state index in [0.29, 0.717) is 5.13 Å². The van der Waals surface area contributed by atoms with Gasteiger partial charge in [0.15, 0.2) is 15.2 Å². The monoisotopic (exact) mass is 304 g/mol. The van der Waals surface area contributed by atoms with Crippen molar-refractivity contribution in [3.63, 3.8) is 0 Å². The lowest BCUT2D eigenvalue weighted by atomic mass is 10.1. The first-order chi connectivity index (χ1) is 9.11. The third-order valence-electron chi connectivity index (χ3n) is 3.24. The maximum atomic E-state index is 11.4. The molecule has 7 heteroatoms. The van der Waals surface area contributed by atoms with Crippen LogP contribution in [-0.2, 0) is 4.74 Å². The van der Waals surface area contributed by atoms with Gasteiger partial charge in [-0.2, -0.15) is 0 Å². The van der Waals surface area contributed by atoms with E-state index in [1.807, 2.05) is 0 Å². The highest BCUT2D eigenvalue weighted by molar-refractivity contribution is 7.18. The van der Waals surface area contributed by atoms with E-state index in [9.17, 15) is 9.90 Å². The van der Waals surface area contributed by atoms with Crippen LogP contribution < -0.4 is 5.32 Å². The Morgan fingerprint density at radius 1 is 1.47 bits per heavy atom. The molecule has 0 aromatic carbocycles. The number of methoxy groups -OCH3 is 1. The van der Waals surface area contributed by atoms with Crippen molar-refractivity contribution in [2.24, 2.45) is 0 Å². The van der Waals surface area contributed by atoms with Crippen molar-refractivity contribution in [3.05, 3.63) is 10.0 Å². The smallest absolute Gasteiger partial charge is 0.351 e. The molecule has 2 rings (SSSR count). The van der Waals surface area contributed by atoms with Gasteiger partial charge in [0.1, 0.15) is 0 Å². The zero-order valence-corrected chi connectivity index (χ0v) is 12.3. The Morgan fingerprint density at radius 3 is 2.95 bits per heavy atom. The quantitative estimate of drug-likeness (QED) is 0.663. The van der Waals surface area contributed by atoms with Crippen molar-refractivity contribution in [2.75, 3.05) is 12.4 Å². The number of thiazole rings is 1. The van der Waals surface area contributed by atoms with Gasteiger partial charge in [0, 0.05) is 0 Å². The van der Waals surface area contributed by atoms with E-state index in [1.165, 1.54) is 7.11 Å². The van der Waals surface area contributed by atoms with Crippen LogP contribution in [0.5, 0.6) is 0 Å². The van der Waals surface area contributed by atoms with E-state index in [4.69, 9.17) is 11.6 Å². The highest BCUT2D eigenvalue weighted by Gasteiger charge is 2.24. The third-order valence-corrected chi connectivity index (χ3v) is 4.60. The molecule has 1 aromatic rings. The number of hydrogen-bond acceptors (Lipinski definition) is 6.